The first-order chi connectivity index (χ1) is 12.3. The van der Waals surface area contributed by atoms with Crippen molar-refractivity contribution >= 4 is 31.8 Å². The van der Waals surface area contributed by atoms with E-state index in [4.69, 9.17) is 9.26 Å². The molecule has 3 aromatic rings. The number of hydrogen-bond acceptors (Lipinski definition) is 8. The van der Waals surface area contributed by atoms with E-state index in [1.54, 1.807) is 26.0 Å². The van der Waals surface area contributed by atoms with Crippen LogP contribution in [0.15, 0.2) is 32.1 Å². The summed E-state index contributed by atoms with van der Waals surface area (Å²) < 4.78 is 40.0. The van der Waals surface area contributed by atoms with Gasteiger partial charge in [0.1, 0.15) is 17.2 Å². The van der Waals surface area contributed by atoms with E-state index in [1.165, 1.54) is 17.9 Å². The topological polar surface area (TPSA) is 125 Å². The van der Waals surface area contributed by atoms with Crippen molar-refractivity contribution in [3.63, 3.8) is 0 Å². The van der Waals surface area contributed by atoms with E-state index in [0.717, 1.165) is 0 Å². The summed E-state index contributed by atoms with van der Waals surface area (Å²) >= 11 is 3.26. The Morgan fingerprint density at radius 1 is 1.35 bits per heavy atom. The maximum atomic E-state index is 12.7. The molecule has 0 aliphatic carbocycles. The molecule has 0 bridgehead atoms. The zero-order valence-electron chi connectivity index (χ0n) is 14.1. The predicted molar refractivity (Wildman–Crippen MR) is 94.4 cm³/mol. The molecule has 0 radical (unpaired) electrons. The number of rotatable bonds is 6. The average molecular weight is 443 g/mol. The highest BCUT2D eigenvalue weighted by atomic mass is 79.9. The molecule has 2 heterocycles. The Balaban J connectivity index is 1.88. The van der Waals surface area contributed by atoms with Gasteiger partial charge in [0.25, 0.3) is 10.0 Å². The normalized spacial score (nSPS) is 11.5. The minimum atomic E-state index is -3.93. The van der Waals surface area contributed by atoms with Crippen LogP contribution in [-0.4, -0.2) is 40.7 Å². The zero-order chi connectivity index (χ0) is 18.9. The number of nitrogens with zero attached hydrogens (tertiary/aromatic N) is 5. The molecule has 0 aliphatic heterocycles. The Bertz CT molecular complexity index is 1050. The Kier molecular flexibility index (Phi) is 4.96. The van der Waals surface area contributed by atoms with Crippen LogP contribution < -0.4 is 9.46 Å². The molecule has 1 aromatic carbocycles. The number of benzene rings is 1. The summed E-state index contributed by atoms with van der Waals surface area (Å²) in [5, 5.41) is 11.6. The van der Waals surface area contributed by atoms with Crippen molar-refractivity contribution in [3.8, 4) is 5.75 Å². The number of aryl methyl sites for hydroxylation is 1. The number of sulfonamides is 1. The highest BCUT2D eigenvalue weighted by Crippen LogP contribution is 2.29. The van der Waals surface area contributed by atoms with Gasteiger partial charge in [-0.2, -0.15) is 4.98 Å². The van der Waals surface area contributed by atoms with Gasteiger partial charge in [0.05, 0.1) is 12.8 Å². The van der Waals surface area contributed by atoms with Crippen molar-refractivity contribution in [1.29, 1.82) is 0 Å². The molecular formula is C14H15BrN6O4S. The molecule has 12 heteroatoms. The zero-order valence-corrected chi connectivity index (χ0v) is 16.5. The first-order valence-electron chi connectivity index (χ1n) is 7.36. The molecule has 0 aliphatic rings. The number of nitrogens with one attached hydrogen (secondary N) is 1. The van der Waals surface area contributed by atoms with Gasteiger partial charge in [0, 0.05) is 11.4 Å². The molecule has 26 heavy (non-hydrogen) atoms. The van der Waals surface area contributed by atoms with Gasteiger partial charge >= 0.3 is 0 Å². The van der Waals surface area contributed by atoms with Gasteiger partial charge in [0.2, 0.25) is 5.89 Å². The van der Waals surface area contributed by atoms with Gasteiger partial charge in [-0.3, -0.25) is 4.72 Å². The molecule has 0 saturated carbocycles. The lowest BCUT2D eigenvalue weighted by Crippen LogP contribution is -2.15. The third-order valence-electron chi connectivity index (χ3n) is 3.49. The minimum Gasteiger partial charge on any atom is -0.495 e. The molecule has 2 aromatic heterocycles. The number of methoxy groups -OCH3 is 1. The molecule has 1 N–H and O–H groups in total. The van der Waals surface area contributed by atoms with Gasteiger partial charge in [-0.15, -0.1) is 5.10 Å². The molecule has 0 spiro atoms. The van der Waals surface area contributed by atoms with Crippen molar-refractivity contribution in [2.24, 2.45) is 0 Å². The third kappa shape index (κ3) is 3.70. The van der Waals surface area contributed by atoms with Crippen molar-refractivity contribution in [1.82, 2.24) is 25.1 Å². The summed E-state index contributed by atoms with van der Waals surface area (Å²) in [5.74, 6) is 1.17. The maximum Gasteiger partial charge on any atom is 0.266 e. The van der Waals surface area contributed by atoms with E-state index in [0.29, 0.717) is 21.9 Å². The highest BCUT2D eigenvalue weighted by molar-refractivity contribution is 9.10. The predicted octanol–water partition coefficient (Wildman–Crippen LogP) is 1.90. The summed E-state index contributed by atoms with van der Waals surface area (Å²) in [6.45, 7) is 3.57. The van der Waals surface area contributed by atoms with E-state index in [2.05, 4.69) is 41.1 Å². The van der Waals surface area contributed by atoms with Crippen LogP contribution in [0.4, 0.5) is 5.82 Å². The Labute approximate surface area is 157 Å². The number of ether oxygens (including phenoxy) is 1. The minimum absolute atomic E-state index is 0.0166. The van der Waals surface area contributed by atoms with Gasteiger partial charge in [-0.1, -0.05) is 26.3 Å². The molecule has 0 saturated heterocycles. The van der Waals surface area contributed by atoms with E-state index < -0.39 is 10.0 Å². The largest absolute Gasteiger partial charge is 0.495 e. The van der Waals surface area contributed by atoms with Crippen LogP contribution in [0.5, 0.6) is 5.75 Å². The fourth-order valence-electron chi connectivity index (χ4n) is 2.19. The van der Waals surface area contributed by atoms with Crippen molar-refractivity contribution in [2.75, 3.05) is 11.8 Å². The Hall–Kier alpha value is -2.47. The molecule has 0 amide bonds. The number of hydrogen-bond donors (Lipinski definition) is 1. The summed E-state index contributed by atoms with van der Waals surface area (Å²) in [4.78, 5) is 4.07. The summed E-state index contributed by atoms with van der Waals surface area (Å²) in [6, 6.07) is 4.69. The second kappa shape index (κ2) is 7.03. The third-order valence-corrected chi connectivity index (χ3v) is 5.34. The number of anilines is 1. The van der Waals surface area contributed by atoms with E-state index >= 15 is 0 Å². The van der Waals surface area contributed by atoms with Crippen LogP contribution in [0, 0.1) is 13.8 Å². The number of aromatic nitrogens is 5. The second-order valence-electron chi connectivity index (χ2n) is 5.31. The molecule has 0 atom stereocenters. The van der Waals surface area contributed by atoms with Crippen LogP contribution >= 0.6 is 15.9 Å². The number of halogens is 1. The van der Waals surface area contributed by atoms with Crippen LogP contribution in [0.2, 0.25) is 0 Å². The van der Waals surface area contributed by atoms with E-state index in [1.807, 2.05) is 0 Å². The second-order valence-corrected chi connectivity index (χ2v) is 7.88. The lowest BCUT2D eigenvalue weighted by molar-refractivity contribution is 0.384. The fourth-order valence-corrected chi connectivity index (χ4v) is 3.95. The summed E-state index contributed by atoms with van der Waals surface area (Å²) in [7, 11) is -2.53. The van der Waals surface area contributed by atoms with Crippen LogP contribution in [0.3, 0.4) is 0 Å². The quantitative estimate of drug-likeness (QED) is 0.613. The van der Waals surface area contributed by atoms with Crippen molar-refractivity contribution in [2.45, 2.75) is 25.3 Å². The Morgan fingerprint density at radius 3 is 2.77 bits per heavy atom. The molecule has 138 valence electrons. The van der Waals surface area contributed by atoms with Gasteiger partial charge < -0.3 is 9.26 Å². The average Bonchev–Trinajstić information content (AvgIpc) is 3.15. The first kappa shape index (κ1) is 18.3. The van der Waals surface area contributed by atoms with Crippen LogP contribution in [0.1, 0.15) is 17.4 Å². The first-order valence-corrected chi connectivity index (χ1v) is 9.63. The summed E-state index contributed by atoms with van der Waals surface area (Å²) in [6.07, 6.45) is 0. The smallest absolute Gasteiger partial charge is 0.266 e. The SMILES string of the molecule is COc1ccc(Br)cc1S(=O)(=O)Nc1nnn(Cc2noc(C)n2)c1C. The van der Waals surface area contributed by atoms with E-state index in [-0.39, 0.29) is 23.0 Å². The Morgan fingerprint density at radius 2 is 2.12 bits per heavy atom. The molecule has 10 nitrogen and oxygen atoms in total. The molecule has 0 fully saturated rings. The van der Waals surface area contributed by atoms with Crippen molar-refractivity contribution < 1.29 is 17.7 Å². The lowest BCUT2D eigenvalue weighted by Gasteiger charge is -2.11. The fraction of sp³-hybridized carbons (Fsp3) is 0.286. The molecule has 3 rings (SSSR count). The van der Waals surface area contributed by atoms with Crippen molar-refractivity contribution in [3.05, 3.63) is 40.1 Å². The van der Waals surface area contributed by atoms with Gasteiger partial charge in [-0.25, -0.2) is 13.1 Å². The monoisotopic (exact) mass is 442 g/mol. The van der Waals surface area contributed by atoms with Gasteiger partial charge in [-0.05, 0) is 25.1 Å². The summed E-state index contributed by atoms with van der Waals surface area (Å²) in [5.41, 5.74) is 0.505. The molecule has 0 unspecified atom stereocenters. The van der Waals surface area contributed by atoms with Gasteiger partial charge in [0.15, 0.2) is 11.6 Å². The van der Waals surface area contributed by atoms with Crippen LogP contribution in [-0.2, 0) is 16.6 Å². The van der Waals surface area contributed by atoms with Crippen LogP contribution in [0.25, 0.3) is 0 Å². The highest BCUT2D eigenvalue weighted by Gasteiger charge is 2.23. The van der Waals surface area contributed by atoms with E-state index in [9.17, 15) is 8.42 Å². The standard InChI is InChI=1S/C14H15BrN6O4S/c1-8-14(17-20-21(8)7-13-16-9(2)25-18-13)19-26(22,23)12-6-10(15)4-5-11(12)24-3/h4-6,19H,7H2,1-3H3. The molecular weight excluding hydrogens is 428 g/mol. The maximum absolute atomic E-state index is 12.7. The lowest BCUT2D eigenvalue weighted by atomic mass is 10.3.